The molecule has 7 nitrogen and oxygen atoms in total. The molecule has 5 aromatic rings. The fourth-order valence-electron chi connectivity index (χ4n) is 4.99. The third-order valence-electron chi connectivity index (χ3n) is 7.20. The van der Waals surface area contributed by atoms with Crippen molar-refractivity contribution in [1.82, 2.24) is 13.9 Å². The lowest BCUT2D eigenvalue weighted by Crippen LogP contribution is -2.38. The van der Waals surface area contributed by atoms with Crippen LogP contribution < -0.4 is 10.3 Å². The maximum absolute atomic E-state index is 14.4. The van der Waals surface area contributed by atoms with Gasteiger partial charge in [0.1, 0.15) is 11.6 Å². The first-order valence-electron chi connectivity index (χ1n) is 13.4. The van der Waals surface area contributed by atoms with Gasteiger partial charge in [0, 0.05) is 11.9 Å². The minimum Gasteiger partial charge on any atom is -0.497 e. The average Bonchev–Trinajstić information content (AvgIpc) is 2.96. The highest BCUT2D eigenvalue weighted by atomic mass is 32.2. The van der Waals surface area contributed by atoms with Crippen molar-refractivity contribution in [3.8, 4) is 11.4 Å². The molecule has 1 heterocycles. The molecule has 206 valence electrons. The SMILES string of the molecule is COc1ccc(-n2c(C(C)N(CCC(C)C)S(=O)(=O)c3cccc4ccccc34)nc3ccccc3c2=O)cc1. The van der Waals surface area contributed by atoms with Gasteiger partial charge >= 0.3 is 0 Å². The highest BCUT2D eigenvalue weighted by Gasteiger charge is 2.34. The molecule has 0 spiro atoms. The van der Waals surface area contributed by atoms with Crippen LogP contribution in [0.5, 0.6) is 5.75 Å². The van der Waals surface area contributed by atoms with E-state index >= 15 is 0 Å². The van der Waals surface area contributed by atoms with Gasteiger partial charge < -0.3 is 4.74 Å². The molecule has 4 aromatic carbocycles. The van der Waals surface area contributed by atoms with E-state index in [9.17, 15) is 13.2 Å². The lowest BCUT2D eigenvalue weighted by Gasteiger charge is -2.30. The maximum atomic E-state index is 14.4. The first kappa shape index (κ1) is 27.6. The van der Waals surface area contributed by atoms with E-state index < -0.39 is 16.1 Å². The Kier molecular flexibility index (Phi) is 7.74. The number of ether oxygens (including phenoxy) is 1. The molecule has 8 heteroatoms. The van der Waals surface area contributed by atoms with Crippen LogP contribution in [0, 0.1) is 5.92 Å². The largest absolute Gasteiger partial charge is 0.497 e. The average molecular weight is 556 g/mol. The van der Waals surface area contributed by atoms with Crippen molar-refractivity contribution in [2.24, 2.45) is 5.92 Å². The molecule has 1 aromatic heterocycles. The second-order valence-electron chi connectivity index (χ2n) is 10.3. The molecule has 5 rings (SSSR count). The number of aromatic nitrogens is 2. The summed E-state index contributed by atoms with van der Waals surface area (Å²) in [5.41, 5.74) is 0.840. The van der Waals surface area contributed by atoms with Gasteiger partial charge in [-0.15, -0.1) is 0 Å². The summed E-state index contributed by atoms with van der Waals surface area (Å²) in [6, 6.07) is 26.3. The van der Waals surface area contributed by atoms with E-state index in [1.807, 2.05) is 36.4 Å². The minimum atomic E-state index is -3.99. The molecule has 0 bridgehead atoms. The van der Waals surface area contributed by atoms with E-state index in [0.29, 0.717) is 40.0 Å². The van der Waals surface area contributed by atoms with Gasteiger partial charge in [-0.2, -0.15) is 4.31 Å². The van der Waals surface area contributed by atoms with Gasteiger partial charge in [-0.3, -0.25) is 9.36 Å². The van der Waals surface area contributed by atoms with Crippen LogP contribution in [0.4, 0.5) is 0 Å². The van der Waals surface area contributed by atoms with Gasteiger partial charge in [-0.25, -0.2) is 13.4 Å². The standard InChI is InChI=1S/C32H33N3O4S/c1-22(2)20-21-34(40(37,38)30-15-9-11-24-10-5-6-12-27(24)30)23(3)31-33-29-14-8-7-13-28(29)32(36)35(31)25-16-18-26(39-4)19-17-25/h5-19,22-23H,20-21H2,1-4H3. The maximum Gasteiger partial charge on any atom is 0.266 e. The van der Waals surface area contributed by atoms with Crippen LogP contribution in [0.25, 0.3) is 27.4 Å². The zero-order valence-corrected chi connectivity index (χ0v) is 23.9. The van der Waals surface area contributed by atoms with E-state index in [-0.39, 0.29) is 22.9 Å². The normalized spacial score (nSPS) is 12.8. The zero-order chi connectivity index (χ0) is 28.4. The lowest BCUT2D eigenvalue weighted by molar-refractivity contribution is 0.309. The van der Waals surface area contributed by atoms with E-state index in [1.54, 1.807) is 68.6 Å². The van der Waals surface area contributed by atoms with Crippen molar-refractivity contribution in [3.63, 3.8) is 0 Å². The summed E-state index contributed by atoms with van der Waals surface area (Å²) in [4.78, 5) is 19.1. The molecule has 0 saturated carbocycles. The van der Waals surface area contributed by atoms with Crippen molar-refractivity contribution >= 4 is 31.7 Å². The van der Waals surface area contributed by atoms with Crippen LogP contribution in [-0.2, 0) is 10.0 Å². The van der Waals surface area contributed by atoms with Gasteiger partial charge in [0.2, 0.25) is 10.0 Å². The summed E-state index contributed by atoms with van der Waals surface area (Å²) >= 11 is 0. The fraction of sp³-hybridized carbons (Fsp3) is 0.250. The Morgan fingerprint density at radius 1 is 0.850 bits per heavy atom. The topological polar surface area (TPSA) is 81.5 Å². The van der Waals surface area contributed by atoms with Crippen molar-refractivity contribution in [2.75, 3.05) is 13.7 Å². The Hall–Kier alpha value is -4.01. The zero-order valence-electron chi connectivity index (χ0n) is 23.1. The molecular formula is C32H33N3O4S. The highest BCUT2D eigenvalue weighted by molar-refractivity contribution is 7.89. The fourth-order valence-corrected chi connectivity index (χ4v) is 6.82. The number of methoxy groups -OCH3 is 1. The van der Waals surface area contributed by atoms with Crippen molar-refractivity contribution in [1.29, 1.82) is 0 Å². The van der Waals surface area contributed by atoms with Crippen LogP contribution in [0.2, 0.25) is 0 Å². The monoisotopic (exact) mass is 555 g/mol. The number of rotatable bonds is 9. The first-order valence-corrected chi connectivity index (χ1v) is 14.8. The molecule has 1 atom stereocenters. The van der Waals surface area contributed by atoms with Crippen molar-refractivity contribution < 1.29 is 13.2 Å². The van der Waals surface area contributed by atoms with Gasteiger partial charge in [0.25, 0.3) is 5.56 Å². The van der Waals surface area contributed by atoms with Crippen molar-refractivity contribution in [3.05, 3.63) is 107 Å². The van der Waals surface area contributed by atoms with Crippen LogP contribution in [-0.4, -0.2) is 35.9 Å². The third kappa shape index (κ3) is 5.12. The molecule has 0 amide bonds. The lowest BCUT2D eigenvalue weighted by atomic mass is 10.1. The van der Waals surface area contributed by atoms with Crippen LogP contribution >= 0.6 is 0 Å². The van der Waals surface area contributed by atoms with E-state index in [1.165, 1.54) is 8.87 Å². The summed E-state index contributed by atoms with van der Waals surface area (Å²) in [5, 5.41) is 1.96. The predicted molar refractivity (Wildman–Crippen MR) is 160 cm³/mol. The Bertz CT molecular complexity index is 1820. The van der Waals surface area contributed by atoms with Crippen LogP contribution in [0.3, 0.4) is 0 Å². The van der Waals surface area contributed by atoms with Gasteiger partial charge in [-0.1, -0.05) is 62.4 Å². The predicted octanol–water partition coefficient (Wildman–Crippen LogP) is 6.35. The molecule has 0 fully saturated rings. The minimum absolute atomic E-state index is 0.236. The Morgan fingerprint density at radius 2 is 1.50 bits per heavy atom. The van der Waals surface area contributed by atoms with Crippen LogP contribution in [0.15, 0.2) is 101 Å². The Labute approximate surface area is 234 Å². The highest BCUT2D eigenvalue weighted by Crippen LogP contribution is 2.32. The summed E-state index contributed by atoms with van der Waals surface area (Å²) in [6.07, 6.45) is 0.648. The first-order chi connectivity index (χ1) is 19.2. The second kappa shape index (κ2) is 11.2. The number of nitrogens with zero attached hydrogens (tertiary/aromatic N) is 3. The number of para-hydroxylation sites is 1. The van der Waals surface area contributed by atoms with Crippen LogP contribution in [0.1, 0.15) is 39.1 Å². The third-order valence-corrected chi connectivity index (χ3v) is 9.23. The molecule has 0 aliphatic heterocycles. The second-order valence-corrected chi connectivity index (χ2v) is 12.1. The van der Waals surface area contributed by atoms with E-state index in [2.05, 4.69) is 13.8 Å². The molecule has 1 unspecified atom stereocenters. The number of benzene rings is 4. The van der Waals surface area contributed by atoms with Gasteiger partial charge in [0.05, 0.1) is 34.6 Å². The quantitative estimate of drug-likeness (QED) is 0.212. The molecule has 0 saturated heterocycles. The summed E-state index contributed by atoms with van der Waals surface area (Å²) in [5.74, 6) is 1.27. The molecule has 0 N–H and O–H groups in total. The smallest absolute Gasteiger partial charge is 0.266 e. The number of fused-ring (bicyclic) bond motifs is 2. The van der Waals surface area contributed by atoms with Gasteiger partial charge in [-0.05, 0) is 67.1 Å². The summed E-state index contributed by atoms with van der Waals surface area (Å²) in [6.45, 7) is 6.21. The summed E-state index contributed by atoms with van der Waals surface area (Å²) < 4.78 is 37.2. The number of hydrogen-bond acceptors (Lipinski definition) is 5. The Morgan fingerprint density at radius 3 is 2.20 bits per heavy atom. The molecule has 0 aliphatic rings. The summed E-state index contributed by atoms with van der Waals surface area (Å²) in [7, 11) is -2.41. The Balaban J connectivity index is 1.73. The molecule has 0 aliphatic carbocycles. The van der Waals surface area contributed by atoms with E-state index in [4.69, 9.17) is 9.72 Å². The number of sulfonamides is 1. The molecular weight excluding hydrogens is 522 g/mol. The van der Waals surface area contributed by atoms with E-state index in [0.717, 1.165) is 5.39 Å². The molecule has 0 radical (unpaired) electrons. The molecule has 40 heavy (non-hydrogen) atoms. The van der Waals surface area contributed by atoms with Crippen molar-refractivity contribution in [2.45, 2.75) is 38.1 Å². The number of hydrogen-bond donors (Lipinski definition) is 0. The van der Waals surface area contributed by atoms with Gasteiger partial charge in [0.15, 0.2) is 0 Å².